The summed E-state index contributed by atoms with van der Waals surface area (Å²) in [6, 6.07) is 17.9. The lowest BCUT2D eigenvalue weighted by Crippen LogP contribution is -2.31. The Morgan fingerprint density at radius 3 is 2.57 bits per heavy atom. The number of halogens is 2. The summed E-state index contributed by atoms with van der Waals surface area (Å²) in [5, 5.41) is 6.47. The van der Waals surface area contributed by atoms with Crippen LogP contribution in [0.3, 0.4) is 0 Å². The number of nitrogens with zero attached hydrogens (tertiary/aromatic N) is 1. The van der Waals surface area contributed by atoms with Gasteiger partial charge in [0.25, 0.3) is 0 Å². The lowest BCUT2D eigenvalue weighted by molar-refractivity contribution is -0.116. The second-order valence-electron chi connectivity index (χ2n) is 6.12. The van der Waals surface area contributed by atoms with Crippen molar-refractivity contribution in [3.8, 4) is 5.75 Å². The highest BCUT2D eigenvalue weighted by Crippen LogP contribution is 2.28. The molecule has 1 aromatic heterocycles. The minimum atomic E-state index is -0.444. The van der Waals surface area contributed by atoms with Crippen LogP contribution in [0.4, 0.5) is 11.4 Å². The van der Waals surface area contributed by atoms with E-state index in [1.165, 1.54) is 0 Å². The Morgan fingerprint density at radius 1 is 1.14 bits per heavy atom. The number of carbonyl (C=O) groups is 1. The fraction of sp³-hybridized carbons (Fsp3) is 0.143. The number of ether oxygens (including phenoxy) is 1. The second-order valence-corrected chi connectivity index (χ2v) is 7.44. The Labute approximate surface area is 177 Å². The quantitative estimate of drug-likeness (QED) is 0.487. The van der Waals surface area contributed by atoms with Crippen LogP contribution >= 0.6 is 27.5 Å². The molecule has 0 aliphatic rings. The molecule has 3 rings (SSSR count). The van der Waals surface area contributed by atoms with Gasteiger partial charge in [-0.1, -0.05) is 33.6 Å². The Balaban J connectivity index is 1.57. The fourth-order valence-corrected chi connectivity index (χ4v) is 2.94. The maximum absolute atomic E-state index is 12.4. The van der Waals surface area contributed by atoms with Gasteiger partial charge in [-0.05, 0) is 61.5 Å². The van der Waals surface area contributed by atoms with Gasteiger partial charge in [-0.3, -0.25) is 9.78 Å². The van der Waals surface area contributed by atoms with Gasteiger partial charge >= 0.3 is 0 Å². The van der Waals surface area contributed by atoms with Crippen LogP contribution in [0.25, 0.3) is 0 Å². The van der Waals surface area contributed by atoms with Gasteiger partial charge in [0.1, 0.15) is 18.4 Å². The molecule has 7 heteroatoms. The third kappa shape index (κ3) is 5.71. The molecule has 0 aliphatic heterocycles. The van der Waals surface area contributed by atoms with Gasteiger partial charge in [0.05, 0.1) is 10.7 Å². The van der Waals surface area contributed by atoms with Crippen LogP contribution in [-0.2, 0) is 11.4 Å². The maximum Gasteiger partial charge on any atom is 0.246 e. The van der Waals surface area contributed by atoms with E-state index in [9.17, 15) is 4.79 Å². The maximum atomic E-state index is 12.4. The van der Waals surface area contributed by atoms with E-state index in [0.29, 0.717) is 17.4 Å². The number of hydrogen-bond donors (Lipinski definition) is 2. The van der Waals surface area contributed by atoms with Gasteiger partial charge < -0.3 is 15.4 Å². The molecule has 0 radical (unpaired) electrons. The fourth-order valence-electron chi connectivity index (χ4n) is 2.44. The van der Waals surface area contributed by atoms with Crippen LogP contribution in [0, 0.1) is 0 Å². The molecule has 0 saturated heterocycles. The summed E-state index contributed by atoms with van der Waals surface area (Å²) in [6.45, 7) is 2.12. The molecule has 1 heterocycles. The van der Waals surface area contributed by atoms with Gasteiger partial charge in [-0.2, -0.15) is 0 Å². The zero-order chi connectivity index (χ0) is 19.9. The van der Waals surface area contributed by atoms with Gasteiger partial charge in [0, 0.05) is 22.0 Å². The number of rotatable bonds is 7. The molecule has 28 heavy (non-hydrogen) atoms. The number of amides is 1. The van der Waals surface area contributed by atoms with Crippen LogP contribution < -0.4 is 15.4 Å². The van der Waals surface area contributed by atoms with Crippen molar-refractivity contribution in [2.45, 2.75) is 19.6 Å². The lowest BCUT2D eigenvalue weighted by atomic mass is 10.2. The molecule has 3 aromatic rings. The zero-order valence-corrected chi connectivity index (χ0v) is 17.5. The highest BCUT2D eigenvalue weighted by atomic mass is 79.9. The van der Waals surface area contributed by atoms with Crippen molar-refractivity contribution in [2.75, 3.05) is 10.6 Å². The average Bonchev–Trinajstić information content (AvgIpc) is 2.70. The molecular weight excluding hydrogens is 442 g/mol. The van der Waals surface area contributed by atoms with Crippen molar-refractivity contribution < 1.29 is 9.53 Å². The number of pyridine rings is 1. The van der Waals surface area contributed by atoms with E-state index in [2.05, 4.69) is 31.5 Å². The number of benzene rings is 2. The third-order valence-corrected chi connectivity index (χ3v) is 4.75. The van der Waals surface area contributed by atoms with Crippen LogP contribution in [0.15, 0.2) is 71.3 Å². The van der Waals surface area contributed by atoms with E-state index >= 15 is 0 Å². The second kappa shape index (κ2) is 9.57. The summed E-state index contributed by atoms with van der Waals surface area (Å²) in [7, 11) is 0. The lowest BCUT2D eigenvalue weighted by Gasteiger charge is -2.16. The number of anilines is 2. The molecule has 2 aromatic carbocycles. The van der Waals surface area contributed by atoms with Gasteiger partial charge in [-0.15, -0.1) is 0 Å². The van der Waals surface area contributed by atoms with Crippen LogP contribution in [0.5, 0.6) is 5.75 Å². The molecular formula is C21H19BrClN3O2. The molecule has 2 N–H and O–H groups in total. The first-order valence-corrected chi connectivity index (χ1v) is 9.83. The Kier molecular flexibility index (Phi) is 6.90. The molecule has 0 fully saturated rings. The van der Waals surface area contributed by atoms with Crippen LogP contribution in [-0.4, -0.2) is 16.9 Å². The van der Waals surface area contributed by atoms with Gasteiger partial charge in [0.15, 0.2) is 0 Å². The predicted octanol–water partition coefficient (Wildman–Crippen LogP) is 5.52. The predicted molar refractivity (Wildman–Crippen MR) is 116 cm³/mol. The molecule has 144 valence electrons. The van der Waals surface area contributed by atoms with Crippen molar-refractivity contribution in [3.05, 3.63) is 82.0 Å². The molecule has 0 aliphatic carbocycles. The standard InChI is InChI=1S/C21H19BrClN3O2/c1-14(21(27)26-16-7-5-15(22)6-8-16)25-17-9-10-20(19(23)12-17)28-13-18-4-2-3-11-24-18/h2-12,14,25H,13H2,1H3,(H,26,27)/t14-/m0/s1. The highest BCUT2D eigenvalue weighted by Gasteiger charge is 2.14. The van der Waals surface area contributed by atoms with Crippen molar-refractivity contribution in [3.63, 3.8) is 0 Å². The number of nitrogens with one attached hydrogen (secondary N) is 2. The number of aromatic nitrogens is 1. The zero-order valence-electron chi connectivity index (χ0n) is 15.2. The molecule has 1 amide bonds. The molecule has 0 unspecified atom stereocenters. The number of carbonyl (C=O) groups excluding carboxylic acids is 1. The molecule has 0 saturated carbocycles. The topological polar surface area (TPSA) is 63.2 Å². The van der Waals surface area contributed by atoms with Crippen LogP contribution in [0.1, 0.15) is 12.6 Å². The molecule has 1 atom stereocenters. The van der Waals surface area contributed by atoms with Gasteiger partial charge in [0.2, 0.25) is 5.91 Å². The first kappa shape index (κ1) is 20.2. The molecule has 0 bridgehead atoms. The van der Waals surface area contributed by atoms with E-state index in [-0.39, 0.29) is 5.91 Å². The van der Waals surface area contributed by atoms with Crippen molar-refractivity contribution in [2.24, 2.45) is 0 Å². The number of hydrogen-bond acceptors (Lipinski definition) is 4. The Hall–Kier alpha value is -2.57. The SMILES string of the molecule is C[C@H](Nc1ccc(OCc2ccccn2)c(Cl)c1)C(=O)Nc1ccc(Br)cc1. The van der Waals surface area contributed by atoms with Gasteiger partial charge in [-0.25, -0.2) is 0 Å². The van der Waals surface area contributed by atoms with Crippen LogP contribution in [0.2, 0.25) is 5.02 Å². The first-order chi connectivity index (χ1) is 13.5. The summed E-state index contributed by atoms with van der Waals surface area (Å²) in [6.07, 6.45) is 1.72. The molecule has 5 nitrogen and oxygen atoms in total. The summed E-state index contributed by atoms with van der Waals surface area (Å²) in [4.78, 5) is 16.6. The summed E-state index contributed by atoms with van der Waals surface area (Å²) in [5.41, 5.74) is 2.28. The van der Waals surface area contributed by atoms with E-state index in [4.69, 9.17) is 16.3 Å². The largest absolute Gasteiger partial charge is 0.486 e. The van der Waals surface area contributed by atoms with E-state index in [1.54, 1.807) is 25.3 Å². The smallest absolute Gasteiger partial charge is 0.246 e. The Morgan fingerprint density at radius 2 is 1.89 bits per heavy atom. The average molecular weight is 461 g/mol. The first-order valence-electron chi connectivity index (χ1n) is 8.66. The minimum Gasteiger partial charge on any atom is -0.486 e. The van der Waals surface area contributed by atoms with E-state index in [0.717, 1.165) is 21.5 Å². The molecule has 0 spiro atoms. The van der Waals surface area contributed by atoms with Crippen molar-refractivity contribution >= 4 is 44.8 Å². The van der Waals surface area contributed by atoms with E-state index in [1.807, 2.05) is 48.5 Å². The summed E-state index contributed by atoms with van der Waals surface area (Å²) < 4.78 is 6.67. The third-order valence-electron chi connectivity index (χ3n) is 3.92. The van der Waals surface area contributed by atoms with E-state index < -0.39 is 6.04 Å². The summed E-state index contributed by atoms with van der Waals surface area (Å²) in [5.74, 6) is 0.416. The normalized spacial score (nSPS) is 11.5. The highest BCUT2D eigenvalue weighted by molar-refractivity contribution is 9.10. The monoisotopic (exact) mass is 459 g/mol. The van der Waals surface area contributed by atoms with Crippen molar-refractivity contribution in [1.29, 1.82) is 0 Å². The van der Waals surface area contributed by atoms with Crippen molar-refractivity contribution in [1.82, 2.24) is 4.98 Å². The Bertz CT molecular complexity index is 936. The minimum absolute atomic E-state index is 0.145. The summed E-state index contributed by atoms with van der Waals surface area (Å²) >= 11 is 9.68.